The fourth-order valence-corrected chi connectivity index (χ4v) is 4.30. The Hall–Kier alpha value is -3.55. The Balaban J connectivity index is 1.24. The van der Waals surface area contributed by atoms with Crippen molar-refractivity contribution in [3.63, 3.8) is 0 Å². The molecule has 2 aromatic heterocycles. The number of likely N-dealkylation sites (tertiary alicyclic amines) is 1. The highest BCUT2D eigenvalue weighted by molar-refractivity contribution is 5.94. The summed E-state index contributed by atoms with van der Waals surface area (Å²) in [5.41, 5.74) is 6.26. The zero-order valence-corrected chi connectivity index (χ0v) is 17.8. The highest BCUT2D eigenvalue weighted by atomic mass is 16.2. The van der Waals surface area contributed by atoms with Gasteiger partial charge in [-0.25, -0.2) is 9.67 Å². The van der Waals surface area contributed by atoms with Crippen LogP contribution in [0.1, 0.15) is 34.3 Å². The number of tetrazole rings is 1. The average Bonchev–Trinajstić information content (AvgIpc) is 3.46. The van der Waals surface area contributed by atoms with E-state index < -0.39 is 0 Å². The summed E-state index contributed by atoms with van der Waals surface area (Å²) in [5, 5.41) is 11.2. The molecule has 0 radical (unpaired) electrons. The van der Waals surface area contributed by atoms with Gasteiger partial charge in [0, 0.05) is 25.2 Å². The number of piperidine rings is 1. The Morgan fingerprint density at radius 1 is 1.06 bits per heavy atom. The van der Waals surface area contributed by atoms with E-state index in [4.69, 9.17) is 0 Å². The molecular weight excluding hydrogens is 390 g/mol. The largest absolute Gasteiger partial charge is 0.339 e. The van der Waals surface area contributed by atoms with Crippen LogP contribution >= 0.6 is 0 Å². The topological polar surface area (TPSA) is 81.7 Å². The van der Waals surface area contributed by atoms with Crippen LogP contribution in [0.25, 0.3) is 16.7 Å². The second kappa shape index (κ2) is 7.94. The van der Waals surface area contributed by atoms with Gasteiger partial charge in [0.05, 0.1) is 23.0 Å². The van der Waals surface area contributed by atoms with E-state index in [2.05, 4.69) is 51.1 Å². The summed E-state index contributed by atoms with van der Waals surface area (Å²) < 4.78 is 3.82. The van der Waals surface area contributed by atoms with Crippen molar-refractivity contribution in [3.8, 4) is 5.69 Å². The molecule has 0 spiro atoms. The van der Waals surface area contributed by atoms with E-state index in [0.29, 0.717) is 11.5 Å². The molecule has 1 fully saturated rings. The van der Waals surface area contributed by atoms with E-state index in [1.165, 1.54) is 23.0 Å². The van der Waals surface area contributed by atoms with E-state index in [0.717, 1.165) is 43.7 Å². The molecule has 0 atom stereocenters. The predicted octanol–water partition coefficient (Wildman–Crippen LogP) is 3.18. The first kappa shape index (κ1) is 19.4. The number of hydrogen-bond donors (Lipinski definition) is 0. The molecule has 4 aromatic rings. The van der Waals surface area contributed by atoms with Gasteiger partial charge in [0.2, 0.25) is 0 Å². The van der Waals surface area contributed by atoms with Gasteiger partial charge in [-0.1, -0.05) is 6.07 Å². The van der Waals surface area contributed by atoms with Crippen molar-refractivity contribution in [2.45, 2.75) is 33.2 Å². The molecule has 158 valence electrons. The summed E-state index contributed by atoms with van der Waals surface area (Å²) >= 11 is 0. The molecule has 1 saturated heterocycles. The van der Waals surface area contributed by atoms with Gasteiger partial charge in [-0.2, -0.15) is 0 Å². The van der Waals surface area contributed by atoms with Crippen molar-refractivity contribution in [1.29, 1.82) is 0 Å². The Bertz CT molecular complexity index is 1220. The molecule has 0 N–H and O–H groups in total. The first-order valence-electron chi connectivity index (χ1n) is 10.6. The van der Waals surface area contributed by atoms with Crippen LogP contribution in [0, 0.1) is 19.8 Å². The molecular formula is C23H25N7O. The fourth-order valence-electron chi connectivity index (χ4n) is 4.30. The second-order valence-corrected chi connectivity index (χ2v) is 8.36. The van der Waals surface area contributed by atoms with Crippen LogP contribution in [0.3, 0.4) is 0 Å². The number of nitrogens with zero attached hydrogens (tertiary/aromatic N) is 7. The van der Waals surface area contributed by atoms with Gasteiger partial charge in [0.15, 0.2) is 0 Å². The van der Waals surface area contributed by atoms with Gasteiger partial charge in [-0.05, 0) is 84.5 Å². The third kappa shape index (κ3) is 3.81. The van der Waals surface area contributed by atoms with Crippen molar-refractivity contribution < 1.29 is 4.79 Å². The van der Waals surface area contributed by atoms with Gasteiger partial charge >= 0.3 is 0 Å². The Kier molecular flexibility index (Phi) is 4.97. The smallest absolute Gasteiger partial charge is 0.253 e. The van der Waals surface area contributed by atoms with Gasteiger partial charge < -0.3 is 9.47 Å². The molecule has 0 unspecified atom stereocenters. The maximum Gasteiger partial charge on any atom is 0.253 e. The molecule has 1 aliphatic heterocycles. The third-order valence-electron chi connectivity index (χ3n) is 6.30. The highest BCUT2D eigenvalue weighted by Crippen LogP contribution is 2.24. The van der Waals surface area contributed by atoms with E-state index in [9.17, 15) is 4.79 Å². The number of aryl methyl sites for hydroxylation is 2. The minimum absolute atomic E-state index is 0.0626. The first-order chi connectivity index (χ1) is 15.1. The normalized spacial score (nSPS) is 15.0. The quantitative estimate of drug-likeness (QED) is 0.511. The van der Waals surface area contributed by atoms with Gasteiger partial charge in [0.25, 0.3) is 5.91 Å². The van der Waals surface area contributed by atoms with Crippen LogP contribution in [0.4, 0.5) is 0 Å². The van der Waals surface area contributed by atoms with Crippen LogP contribution in [0.5, 0.6) is 0 Å². The number of carbonyl (C=O) groups is 1. The predicted molar refractivity (Wildman–Crippen MR) is 117 cm³/mol. The Morgan fingerprint density at radius 2 is 1.87 bits per heavy atom. The number of hydrogen-bond acceptors (Lipinski definition) is 5. The minimum Gasteiger partial charge on any atom is -0.339 e. The number of rotatable bonds is 4. The van der Waals surface area contributed by atoms with Gasteiger partial charge in [0.1, 0.15) is 6.33 Å². The zero-order chi connectivity index (χ0) is 21.4. The summed E-state index contributed by atoms with van der Waals surface area (Å²) in [4.78, 5) is 19.6. The van der Waals surface area contributed by atoms with Crippen molar-refractivity contribution >= 4 is 16.9 Å². The molecule has 1 amide bonds. The lowest BCUT2D eigenvalue weighted by molar-refractivity contribution is 0.0683. The van der Waals surface area contributed by atoms with Crippen LogP contribution in [0.15, 0.2) is 49.1 Å². The molecule has 31 heavy (non-hydrogen) atoms. The van der Waals surface area contributed by atoms with Crippen molar-refractivity contribution in [2.24, 2.45) is 5.92 Å². The highest BCUT2D eigenvalue weighted by Gasteiger charge is 2.24. The van der Waals surface area contributed by atoms with E-state index in [1.807, 2.05) is 35.5 Å². The Labute approximate surface area is 180 Å². The molecule has 8 nitrogen and oxygen atoms in total. The maximum absolute atomic E-state index is 13.0. The minimum atomic E-state index is 0.0626. The summed E-state index contributed by atoms with van der Waals surface area (Å²) in [6, 6.07) is 11.8. The van der Waals surface area contributed by atoms with Crippen LogP contribution in [-0.2, 0) is 6.54 Å². The van der Waals surface area contributed by atoms with Gasteiger partial charge in [-0.3, -0.25) is 4.79 Å². The van der Waals surface area contributed by atoms with E-state index in [-0.39, 0.29) is 5.91 Å². The number of aromatic nitrogens is 6. The van der Waals surface area contributed by atoms with Crippen LogP contribution < -0.4 is 0 Å². The monoisotopic (exact) mass is 415 g/mol. The number of fused-ring (bicyclic) bond motifs is 1. The van der Waals surface area contributed by atoms with Crippen LogP contribution in [0.2, 0.25) is 0 Å². The summed E-state index contributed by atoms with van der Waals surface area (Å²) in [7, 11) is 0. The second-order valence-electron chi connectivity index (χ2n) is 8.36. The molecule has 1 aliphatic rings. The van der Waals surface area contributed by atoms with Crippen LogP contribution in [-0.4, -0.2) is 53.7 Å². The molecule has 0 aliphatic carbocycles. The first-order valence-corrected chi connectivity index (χ1v) is 10.6. The standard InChI is InChI=1S/C23H25N7O/c1-16-10-21-22(11-17(16)2)29(14-24-21)13-18-6-8-28(9-7-18)23(31)19-4-3-5-20(12-19)30-15-25-26-27-30/h3-5,10-12,14-15,18H,6-9,13H2,1-2H3. The van der Waals surface area contributed by atoms with Crippen molar-refractivity contribution in [3.05, 3.63) is 65.7 Å². The SMILES string of the molecule is Cc1cc2ncn(CC3CCN(C(=O)c4cccc(-n5cnnn5)c4)CC3)c2cc1C. The van der Waals surface area contributed by atoms with E-state index in [1.54, 1.807) is 4.68 Å². The number of benzene rings is 2. The lowest BCUT2D eigenvalue weighted by atomic mass is 9.96. The molecule has 0 bridgehead atoms. The fraction of sp³-hybridized carbons (Fsp3) is 0.348. The Morgan fingerprint density at radius 3 is 2.65 bits per heavy atom. The summed E-state index contributed by atoms with van der Waals surface area (Å²) in [6.45, 7) is 6.74. The number of carbonyl (C=O) groups excluding carboxylic acids is 1. The number of amides is 1. The number of imidazole rings is 1. The molecule has 8 heteroatoms. The zero-order valence-electron chi connectivity index (χ0n) is 17.8. The molecule has 0 saturated carbocycles. The molecule has 3 heterocycles. The van der Waals surface area contributed by atoms with E-state index >= 15 is 0 Å². The van der Waals surface area contributed by atoms with Crippen molar-refractivity contribution in [2.75, 3.05) is 13.1 Å². The molecule has 5 rings (SSSR count). The lowest BCUT2D eigenvalue weighted by Crippen LogP contribution is -2.39. The lowest BCUT2D eigenvalue weighted by Gasteiger charge is -2.32. The van der Waals surface area contributed by atoms with Crippen molar-refractivity contribution in [1.82, 2.24) is 34.7 Å². The third-order valence-corrected chi connectivity index (χ3v) is 6.30. The average molecular weight is 416 g/mol. The molecule has 2 aromatic carbocycles. The maximum atomic E-state index is 13.0. The summed E-state index contributed by atoms with van der Waals surface area (Å²) in [5.74, 6) is 0.600. The van der Waals surface area contributed by atoms with Gasteiger partial charge in [-0.15, -0.1) is 5.10 Å². The summed E-state index contributed by atoms with van der Waals surface area (Å²) in [6.07, 6.45) is 5.45.